The van der Waals surface area contributed by atoms with Crippen molar-refractivity contribution in [2.75, 3.05) is 0 Å². The first kappa shape index (κ1) is 14.8. The summed E-state index contributed by atoms with van der Waals surface area (Å²) in [5, 5.41) is 0.785. The maximum absolute atomic E-state index is 11.8. The summed E-state index contributed by atoms with van der Waals surface area (Å²) in [4.78, 5) is 16.0. The fraction of sp³-hybridized carbons (Fsp3) is 0.143. The first-order chi connectivity index (χ1) is 9.52. The summed E-state index contributed by atoms with van der Waals surface area (Å²) >= 11 is 11.9. The number of benzene rings is 1. The summed E-state index contributed by atoms with van der Waals surface area (Å²) in [6.07, 6.45) is 1.60. The molecule has 4 N–H and O–H groups in total. The first-order valence-electron chi connectivity index (χ1n) is 5.92. The summed E-state index contributed by atoms with van der Waals surface area (Å²) in [6.45, 7) is 0.363. The van der Waals surface area contributed by atoms with Crippen LogP contribution in [0, 0.1) is 0 Å². The summed E-state index contributed by atoms with van der Waals surface area (Å²) in [6, 6.07) is 8.51. The summed E-state index contributed by atoms with van der Waals surface area (Å²) in [5.74, 6) is -1.19. The Kier molecular flexibility index (Phi) is 4.60. The van der Waals surface area contributed by atoms with Crippen LogP contribution in [0.1, 0.15) is 22.7 Å². The van der Waals surface area contributed by atoms with Gasteiger partial charge in [0.1, 0.15) is 5.92 Å². The van der Waals surface area contributed by atoms with Crippen LogP contribution in [0.3, 0.4) is 0 Å². The minimum atomic E-state index is -0.684. The minimum absolute atomic E-state index is 0.363. The Bertz CT molecular complexity index is 646. The molecule has 0 aliphatic carbocycles. The molecule has 0 saturated carbocycles. The topological polar surface area (TPSA) is 82.0 Å². The quantitative estimate of drug-likeness (QED) is 0.910. The Labute approximate surface area is 126 Å². The van der Waals surface area contributed by atoms with Gasteiger partial charge in [-0.15, -0.1) is 0 Å². The van der Waals surface area contributed by atoms with Gasteiger partial charge in [0.25, 0.3) is 0 Å². The van der Waals surface area contributed by atoms with Crippen molar-refractivity contribution in [3.8, 4) is 0 Å². The largest absolute Gasteiger partial charge is 0.369 e. The van der Waals surface area contributed by atoms with Crippen LogP contribution in [-0.4, -0.2) is 10.9 Å². The molecule has 0 bridgehead atoms. The van der Waals surface area contributed by atoms with E-state index >= 15 is 0 Å². The molecule has 2 rings (SSSR count). The van der Waals surface area contributed by atoms with Gasteiger partial charge in [0.2, 0.25) is 5.91 Å². The molecule has 1 aromatic heterocycles. The van der Waals surface area contributed by atoms with Crippen molar-refractivity contribution in [1.29, 1.82) is 0 Å². The highest BCUT2D eigenvalue weighted by molar-refractivity contribution is 6.42. The van der Waals surface area contributed by atoms with E-state index in [1.165, 1.54) is 0 Å². The maximum Gasteiger partial charge on any atom is 0.231 e. The summed E-state index contributed by atoms with van der Waals surface area (Å²) < 4.78 is 0. The molecule has 0 fully saturated rings. The van der Waals surface area contributed by atoms with Crippen LogP contribution in [0.2, 0.25) is 10.0 Å². The van der Waals surface area contributed by atoms with E-state index in [1.54, 1.807) is 36.5 Å². The fourth-order valence-corrected chi connectivity index (χ4v) is 2.26. The molecule has 20 heavy (non-hydrogen) atoms. The fourth-order valence-electron chi connectivity index (χ4n) is 1.95. The summed E-state index contributed by atoms with van der Waals surface area (Å²) in [5.41, 5.74) is 13.2. The average molecular weight is 310 g/mol. The van der Waals surface area contributed by atoms with Gasteiger partial charge in [-0.05, 0) is 35.4 Å². The highest BCUT2D eigenvalue weighted by Crippen LogP contribution is 2.29. The minimum Gasteiger partial charge on any atom is -0.369 e. The number of pyridine rings is 1. The number of hydrogen-bond donors (Lipinski definition) is 2. The van der Waals surface area contributed by atoms with E-state index in [2.05, 4.69) is 4.98 Å². The average Bonchev–Trinajstić information content (AvgIpc) is 2.43. The number of amides is 1. The molecule has 1 aromatic carbocycles. The molecule has 0 aliphatic heterocycles. The van der Waals surface area contributed by atoms with Gasteiger partial charge < -0.3 is 11.5 Å². The van der Waals surface area contributed by atoms with Crippen LogP contribution in [0.4, 0.5) is 0 Å². The van der Waals surface area contributed by atoms with Crippen LogP contribution in [0.5, 0.6) is 0 Å². The van der Waals surface area contributed by atoms with E-state index in [-0.39, 0.29) is 0 Å². The number of primary amides is 1. The van der Waals surface area contributed by atoms with Gasteiger partial charge in [0.15, 0.2) is 0 Å². The smallest absolute Gasteiger partial charge is 0.231 e. The van der Waals surface area contributed by atoms with Crippen LogP contribution >= 0.6 is 23.2 Å². The van der Waals surface area contributed by atoms with Gasteiger partial charge in [0, 0.05) is 12.7 Å². The number of aromatic nitrogens is 1. The highest BCUT2D eigenvalue weighted by Gasteiger charge is 2.22. The second-order valence-corrected chi connectivity index (χ2v) is 5.12. The van der Waals surface area contributed by atoms with E-state index in [0.717, 1.165) is 5.56 Å². The molecule has 1 unspecified atom stereocenters. The lowest BCUT2D eigenvalue weighted by atomic mass is 9.94. The third-order valence-corrected chi connectivity index (χ3v) is 3.68. The SMILES string of the molecule is NCc1ccnc(C(C(N)=O)c2ccc(Cl)c(Cl)c2)c1. The van der Waals surface area contributed by atoms with Crippen LogP contribution in [0.25, 0.3) is 0 Å². The second-order valence-electron chi connectivity index (χ2n) is 4.30. The standard InChI is InChI=1S/C14H13Cl2N3O/c15-10-2-1-9(6-11(10)16)13(14(18)20)12-5-8(7-17)3-4-19-12/h1-6,13H,7,17H2,(H2,18,20). The molecule has 1 amide bonds. The number of halogens is 2. The van der Waals surface area contributed by atoms with Gasteiger partial charge in [-0.2, -0.15) is 0 Å². The number of hydrogen-bond acceptors (Lipinski definition) is 3. The van der Waals surface area contributed by atoms with Gasteiger partial charge in [-0.3, -0.25) is 9.78 Å². The molecule has 1 atom stereocenters. The molecule has 4 nitrogen and oxygen atoms in total. The monoisotopic (exact) mass is 309 g/mol. The number of carbonyl (C=O) groups is 1. The van der Waals surface area contributed by atoms with Gasteiger partial charge in [-0.1, -0.05) is 29.3 Å². The zero-order chi connectivity index (χ0) is 14.7. The van der Waals surface area contributed by atoms with E-state index in [1.807, 2.05) is 0 Å². The molecule has 6 heteroatoms. The Morgan fingerprint density at radius 2 is 1.95 bits per heavy atom. The molecule has 104 valence electrons. The molecule has 2 aromatic rings. The molecular formula is C14H13Cl2N3O. The van der Waals surface area contributed by atoms with E-state index in [4.69, 9.17) is 34.7 Å². The lowest BCUT2D eigenvalue weighted by Crippen LogP contribution is -2.23. The number of nitrogens with zero attached hydrogens (tertiary/aromatic N) is 1. The lowest BCUT2D eigenvalue weighted by Gasteiger charge is -2.15. The maximum atomic E-state index is 11.8. The molecule has 0 radical (unpaired) electrons. The molecule has 0 aliphatic rings. The van der Waals surface area contributed by atoms with Crippen molar-refractivity contribution in [3.63, 3.8) is 0 Å². The van der Waals surface area contributed by atoms with Crippen LogP contribution in [-0.2, 0) is 11.3 Å². The van der Waals surface area contributed by atoms with Crippen molar-refractivity contribution < 1.29 is 4.79 Å². The first-order valence-corrected chi connectivity index (χ1v) is 6.67. The predicted octanol–water partition coefficient (Wildman–Crippen LogP) is 2.46. The number of rotatable bonds is 4. The van der Waals surface area contributed by atoms with Crippen molar-refractivity contribution in [2.45, 2.75) is 12.5 Å². The van der Waals surface area contributed by atoms with Crippen LogP contribution in [0.15, 0.2) is 36.5 Å². The third kappa shape index (κ3) is 3.10. The van der Waals surface area contributed by atoms with Crippen LogP contribution < -0.4 is 11.5 Å². The van der Waals surface area contributed by atoms with Gasteiger partial charge in [0.05, 0.1) is 15.7 Å². The molecule has 0 spiro atoms. The zero-order valence-corrected chi connectivity index (χ0v) is 12.0. The van der Waals surface area contributed by atoms with Crippen molar-refractivity contribution in [2.24, 2.45) is 11.5 Å². The van der Waals surface area contributed by atoms with Gasteiger partial charge >= 0.3 is 0 Å². The Morgan fingerprint density at radius 3 is 2.55 bits per heavy atom. The normalized spacial score (nSPS) is 12.2. The van der Waals surface area contributed by atoms with Crippen molar-refractivity contribution in [1.82, 2.24) is 4.98 Å². The van der Waals surface area contributed by atoms with Gasteiger partial charge in [-0.25, -0.2) is 0 Å². The highest BCUT2D eigenvalue weighted by atomic mass is 35.5. The second kappa shape index (κ2) is 6.22. The third-order valence-electron chi connectivity index (χ3n) is 2.94. The Balaban J connectivity index is 2.50. The molecule has 1 heterocycles. The predicted molar refractivity (Wildman–Crippen MR) is 79.6 cm³/mol. The summed E-state index contributed by atoms with van der Waals surface area (Å²) in [7, 11) is 0. The molecule has 0 saturated heterocycles. The Morgan fingerprint density at radius 1 is 1.20 bits per heavy atom. The zero-order valence-electron chi connectivity index (χ0n) is 10.5. The van der Waals surface area contributed by atoms with E-state index < -0.39 is 11.8 Å². The number of carbonyl (C=O) groups excluding carboxylic acids is 1. The number of nitrogens with two attached hydrogens (primary N) is 2. The Hall–Kier alpha value is -1.62. The van der Waals surface area contributed by atoms with Crippen molar-refractivity contribution in [3.05, 3.63) is 63.4 Å². The van der Waals surface area contributed by atoms with E-state index in [9.17, 15) is 4.79 Å². The molecular weight excluding hydrogens is 297 g/mol. The van der Waals surface area contributed by atoms with Crippen molar-refractivity contribution >= 4 is 29.1 Å². The lowest BCUT2D eigenvalue weighted by molar-refractivity contribution is -0.118. The van der Waals surface area contributed by atoms with E-state index in [0.29, 0.717) is 27.8 Å².